The van der Waals surface area contributed by atoms with Crippen molar-refractivity contribution < 1.29 is 4.74 Å². The SMILES string of the molecule is CC(CC1CCOC1)NN. The van der Waals surface area contributed by atoms with Crippen LogP contribution < -0.4 is 11.3 Å². The molecule has 0 aromatic rings. The Kier molecular flexibility index (Phi) is 3.12. The first-order valence-electron chi connectivity index (χ1n) is 3.87. The van der Waals surface area contributed by atoms with Gasteiger partial charge < -0.3 is 4.74 Å². The third kappa shape index (κ3) is 2.25. The van der Waals surface area contributed by atoms with Gasteiger partial charge in [0.05, 0.1) is 0 Å². The smallest absolute Gasteiger partial charge is 0.0495 e. The van der Waals surface area contributed by atoms with Crippen molar-refractivity contribution in [1.82, 2.24) is 5.43 Å². The lowest BCUT2D eigenvalue weighted by Crippen LogP contribution is -2.34. The summed E-state index contributed by atoms with van der Waals surface area (Å²) in [5, 5.41) is 0. The molecule has 2 atom stereocenters. The third-order valence-corrected chi connectivity index (χ3v) is 2.00. The van der Waals surface area contributed by atoms with Crippen molar-refractivity contribution >= 4 is 0 Å². The Bertz CT molecular complexity index is 91.6. The number of ether oxygens (including phenoxy) is 1. The molecule has 0 radical (unpaired) electrons. The van der Waals surface area contributed by atoms with Gasteiger partial charge >= 0.3 is 0 Å². The van der Waals surface area contributed by atoms with Gasteiger partial charge in [-0.2, -0.15) is 0 Å². The molecule has 0 amide bonds. The first-order chi connectivity index (χ1) is 4.83. The van der Waals surface area contributed by atoms with Crippen molar-refractivity contribution in [2.24, 2.45) is 11.8 Å². The standard InChI is InChI=1S/C7H16N2O/c1-6(9-8)4-7-2-3-10-5-7/h6-7,9H,2-5,8H2,1H3. The van der Waals surface area contributed by atoms with Crippen LogP contribution in [0.1, 0.15) is 19.8 Å². The monoisotopic (exact) mass is 144 g/mol. The van der Waals surface area contributed by atoms with Crippen LogP contribution in [0.4, 0.5) is 0 Å². The van der Waals surface area contributed by atoms with Gasteiger partial charge in [0.15, 0.2) is 0 Å². The molecule has 0 spiro atoms. The van der Waals surface area contributed by atoms with Crippen LogP contribution in [-0.4, -0.2) is 19.3 Å². The summed E-state index contributed by atoms with van der Waals surface area (Å²) >= 11 is 0. The number of nitrogens with one attached hydrogen (secondary N) is 1. The Balaban J connectivity index is 2.11. The first-order valence-corrected chi connectivity index (χ1v) is 3.87. The maximum atomic E-state index is 5.26. The van der Waals surface area contributed by atoms with Gasteiger partial charge in [-0.15, -0.1) is 0 Å². The van der Waals surface area contributed by atoms with Gasteiger partial charge in [-0.25, -0.2) is 0 Å². The molecule has 3 N–H and O–H groups in total. The molecule has 1 aliphatic rings. The van der Waals surface area contributed by atoms with E-state index in [4.69, 9.17) is 10.6 Å². The van der Waals surface area contributed by atoms with Gasteiger partial charge in [-0.1, -0.05) is 0 Å². The Morgan fingerprint density at radius 1 is 1.80 bits per heavy atom. The van der Waals surface area contributed by atoms with Crippen LogP contribution in [-0.2, 0) is 4.74 Å². The molecule has 1 saturated heterocycles. The zero-order chi connectivity index (χ0) is 7.40. The van der Waals surface area contributed by atoms with E-state index in [1.165, 1.54) is 6.42 Å². The number of hydrogen-bond donors (Lipinski definition) is 2. The first kappa shape index (κ1) is 7.98. The normalized spacial score (nSPS) is 28.8. The predicted molar refractivity (Wildman–Crippen MR) is 40.3 cm³/mol. The molecule has 0 aliphatic carbocycles. The summed E-state index contributed by atoms with van der Waals surface area (Å²) < 4.78 is 5.23. The molecule has 3 heteroatoms. The number of nitrogens with two attached hydrogens (primary N) is 1. The van der Waals surface area contributed by atoms with Crippen molar-refractivity contribution in [3.63, 3.8) is 0 Å². The second-order valence-electron chi connectivity index (χ2n) is 3.03. The fourth-order valence-corrected chi connectivity index (χ4v) is 1.34. The van der Waals surface area contributed by atoms with E-state index in [2.05, 4.69) is 12.3 Å². The highest BCUT2D eigenvalue weighted by Crippen LogP contribution is 2.17. The number of hydrogen-bond acceptors (Lipinski definition) is 3. The topological polar surface area (TPSA) is 47.3 Å². The summed E-state index contributed by atoms with van der Waals surface area (Å²) in [7, 11) is 0. The van der Waals surface area contributed by atoms with E-state index in [9.17, 15) is 0 Å². The molecule has 1 fully saturated rings. The second kappa shape index (κ2) is 3.91. The minimum absolute atomic E-state index is 0.423. The summed E-state index contributed by atoms with van der Waals surface area (Å²) in [6, 6.07) is 0.423. The largest absolute Gasteiger partial charge is 0.381 e. The lowest BCUT2D eigenvalue weighted by Gasteiger charge is -2.13. The van der Waals surface area contributed by atoms with Gasteiger partial charge in [0.1, 0.15) is 0 Å². The van der Waals surface area contributed by atoms with E-state index in [-0.39, 0.29) is 0 Å². The maximum Gasteiger partial charge on any atom is 0.0495 e. The summed E-state index contributed by atoms with van der Waals surface area (Å²) in [4.78, 5) is 0. The van der Waals surface area contributed by atoms with Gasteiger partial charge in [0.2, 0.25) is 0 Å². The molecule has 1 aliphatic heterocycles. The van der Waals surface area contributed by atoms with E-state index < -0.39 is 0 Å². The van der Waals surface area contributed by atoms with Gasteiger partial charge in [0.25, 0.3) is 0 Å². The zero-order valence-corrected chi connectivity index (χ0v) is 6.47. The highest BCUT2D eigenvalue weighted by Gasteiger charge is 2.17. The Morgan fingerprint density at radius 2 is 2.60 bits per heavy atom. The van der Waals surface area contributed by atoms with Crippen LogP contribution in [0, 0.1) is 5.92 Å². The fraction of sp³-hybridized carbons (Fsp3) is 1.00. The van der Waals surface area contributed by atoms with Gasteiger partial charge in [-0.3, -0.25) is 11.3 Å². The summed E-state index contributed by atoms with van der Waals surface area (Å²) in [6.45, 7) is 3.95. The van der Waals surface area contributed by atoms with E-state index in [0.717, 1.165) is 25.6 Å². The van der Waals surface area contributed by atoms with E-state index >= 15 is 0 Å². The average molecular weight is 144 g/mol. The highest BCUT2D eigenvalue weighted by molar-refractivity contribution is 4.69. The lowest BCUT2D eigenvalue weighted by atomic mass is 10.0. The Labute approximate surface area is 61.9 Å². The van der Waals surface area contributed by atoms with Crippen LogP contribution in [0.15, 0.2) is 0 Å². The zero-order valence-electron chi connectivity index (χ0n) is 6.47. The van der Waals surface area contributed by atoms with Gasteiger partial charge in [0, 0.05) is 19.3 Å². The van der Waals surface area contributed by atoms with Crippen LogP contribution in [0.2, 0.25) is 0 Å². The van der Waals surface area contributed by atoms with Crippen molar-refractivity contribution in [3.8, 4) is 0 Å². The molecular weight excluding hydrogens is 128 g/mol. The Hall–Kier alpha value is -0.120. The molecule has 1 heterocycles. The molecule has 0 bridgehead atoms. The van der Waals surface area contributed by atoms with Gasteiger partial charge in [-0.05, 0) is 25.7 Å². The van der Waals surface area contributed by atoms with Crippen molar-refractivity contribution in [2.75, 3.05) is 13.2 Å². The van der Waals surface area contributed by atoms with Crippen molar-refractivity contribution in [2.45, 2.75) is 25.8 Å². The van der Waals surface area contributed by atoms with Crippen LogP contribution >= 0.6 is 0 Å². The summed E-state index contributed by atoms with van der Waals surface area (Å²) in [6.07, 6.45) is 2.34. The summed E-state index contributed by atoms with van der Waals surface area (Å²) in [5.41, 5.74) is 2.74. The average Bonchev–Trinajstić information content (AvgIpc) is 2.40. The molecule has 10 heavy (non-hydrogen) atoms. The molecule has 60 valence electrons. The molecule has 0 saturated carbocycles. The summed E-state index contributed by atoms with van der Waals surface area (Å²) in [5.74, 6) is 5.99. The van der Waals surface area contributed by atoms with Crippen LogP contribution in [0.25, 0.3) is 0 Å². The molecular formula is C7H16N2O. The van der Waals surface area contributed by atoms with Crippen molar-refractivity contribution in [1.29, 1.82) is 0 Å². The van der Waals surface area contributed by atoms with E-state index in [1.807, 2.05) is 0 Å². The van der Waals surface area contributed by atoms with Crippen LogP contribution in [0.3, 0.4) is 0 Å². The quantitative estimate of drug-likeness (QED) is 0.441. The molecule has 2 unspecified atom stereocenters. The Morgan fingerprint density at radius 3 is 3.10 bits per heavy atom. The fourth-order valence-electron chi connectivity index (χ4n) is 1.34. The van der Waals surface area contributed by atoms with E-state index in [0.29, 0.717) is 6.04 Å². The number of hydrazine groups is 1. The number of rotatable bonds is 3. The second-order valence-corrected chi connectivity index (χ2v) is 3.03. The molecule has 3 nitrogen and oxygen atoms in total. The molecule has 0 aromatic carbocycles. The molecule has 1 rings (SSSR count). The predicted octanol–water partition coefficient (Wildman–Crippen LogP) is 0.265. The van der Waals surface area contributed by atoms with E-state index in [1.54, 1.807) is 0 Å². The maximum absolute atomic E-state index is 5.26. The van der Waals surface area contributed by atoms with Crippen molar-refractivity contribution in [3.05, 3.63) is 0 Å². The highest BCUT2D eigenvalue weighted by atomic mass is 16.5. The third-order valence-electron chi connectivity index (χ3n) is 2.00. The lowest BCUT2D eigenvalue weighted by molar-refractivity contribution is 0.182. The minimum Gasteiger partial charge on any atom is -0.381 e. The minimum atomic E-state index is 0.423. The molecule has 0 aromatic heterocycles. The van der Waals surface area contributed by atoms with Crippen LogP contribution in [0.5, 0.6) is 0 Å².